The number of hydrogen-bond acceptors (Lipinski definition) is 4. The van der Waals surface area contributed by atoms with Gasteiger partial charge in [-0.05, 0) is 49.4 Å². The Hall–Kier alpha value is -4.43. The number of fused-ring (bicyclic) bond motifs is 1. The zero-order valence-corrected chi connectivity index (χ0v) is 17.0. The fraction of sp³-hybridized carbons (Fsp3) is 0.0385. The number of benzene rings is 3. The van der Waals surface area contributed by atoms with Gasteiger partial charge in [-0.2, -0.15) is 10.4 Å². The normalized spacial score (nSPS) is 10.7. The summed E-state index contributed by atoms with van der Waals surface area (Å²) >= 11 is 0. The van der Waals surface area contributed by atoms with Gasteiger partial charge in [-0.25, -0.2) is 9.50 Å². The molecule has 5 heteroatoms. The minimum absolute atomic E-state index is 0.512. The number of nitriles is 1. The van der Waals surface area contributed by atoms with Crippen molar-refractivity contribution in [1.29, 1.82) is 5.26 Å². The molecule has 0 aliphatic heterocycles. The van der Waals surface area contributed by atoms with Crippen LogP contribution in [0.1, 0.15) is 11.3 Å². The fourth-order valence-electron chi connectivity index (χ4n) is 3.78. The SMILES string of the molecule is Cc1nn2c(-c3ccc(N(c4ccccc4)c4ccccc4)cc3)ccnc2c1C#N. The molecule has 0 aliphatic carbocycles. The maximum absolute atomic E-state index is 9.43. The van der Waals surface area contributed by atoms with E-state index >= 15 is 0 Å². The summed E-state index contributed by atoms with van der Waals surface area (Å²) in [5, 5.41) is 14.0. The van der Waals surface area contributed by atoms with E-state index in [9.17, 15) is 5.26 Å². The van der Waals surface area contributed by atoms with Crippen molar-refractivity contribution in [1.82, 2.24) is 14.6 Å². The summed E-state index contributed by atoms with van der Waals surface area (Å²) in [6, 6.07) is 33.1. The second-order valence-electron chi connectivity index (χ2n) is 7.19. The third-order valence-electron chi connectivity index (χ3n) is 5.26. The molecule has 5 nitrogen and oxygen atoms in total. The quantitative estimate of drug-likeness (QED) is 0.368. The second-order valence-corrected chi connectivity index (χ2v) is 7.19. The van der Waals surface area contributed by atoms with Crippen LogP contribution in [0.15, 0.2) is 97.2 Å². The van der Waals surface area contributed by atoms with Crippen molar-refractivity contribution in [3.05, 3.63) is 108 Å². The average molecular weight is 401 g/mol. The first-order chi connectivity index (χ1) is 15.3. The van der Waals surface area contributed by atoms with Gasteiger partial charge in [0.2, 0.25) is 0 Å². The van der Waals surface area contributed by atoms with Crippen molar-refractivity contribution in [3.8, 4) is 17.3 Å². The Morgan fingerprint density at radius 2 is 1.35 bits per heavy atom. The number of para-hydroxylation sites is 2. The van der Waals surface area contributed by atoms with E-state index in [4.69, 9.17) is 0 Å². The van der Waals surface area contributed by atoms with Gasteiger partial charge in [0.1, 0.15) is 11.6 Å². The van der Waals surface area contributed by atoms with Crippen molar-refractivity contribution in [3.63, 3.8) is 0 Å². The van der Waals surface area contributed by atoms with E-state index < -0.39 is 0 Å². The summed E-state index contributed by atoms with van der Waals surface area (Å²) in [6.45, 7) is 1.83. The highest BCUT2D eigenvalue weighted by molar-refractivity contribution is 5.78. The molecule has 0 radical (unpaired) electrons. The van der Waals surface area contributed by atoms with Crippen LogP contribution >= 0.6 is 0 Å². The van der Waals surface area contributed by atoms with E-state index in [1.165, 1.54) is 0 Å². The van der Waals surface area contributed by atoms with Crippen LogP contribution in [0.4, 0.5) is 17.1 Å². The second kappa shape index (κ2) is 7.77. The highest BCUT2D eigenvalue weighted by Gasteiger charge is 2.15. The number of rotatable bonds is 4. The topological polar surface area (TPSA) is 57.2 Å². The van der Waals surface area contributed by atoms with Gasteiger partial charge in [0, 0.05) is 28.8 Å². The smallest absolute Gasteiger partial charge is 0.173 e. The summed E-state index contributed by atoms with van der Waals surface area (Å²) < 4.78 is 1.75. The molecule has 0 fully saturated rings. The first-order valence-corrected chi connectivity index (χ1v) is 10.0. The van der Waals surface area contributed by atoms with E-state index in [0.29, 0.717) is 16.9 Å². The third kappa shape index (κ3) is 3.30. The molecular weight excluding hydrogens is 382 g/mol. The Bertz CT molecular complexity index is 1340. The van der Waals surface area contributed by atoms with Crippen LogP contribution in [0, 0.1) is 18.3 Å². The van der Waals surface area contributed by atoms with Crippen LogP contribution in [0.3, 0.4) is 0 Å². The lowest BCUT2D eigenvalue weighted by Gasteiger charge is -2.25. The molecule has 0 atom stereocenters. The van der Waals surface area contributed by atoms with Crippen molar-refractivity contribution >= 4 is 22.7 Å². The predicted octanol–water partition coefficient (Wildman–Crippen LogP) is 6.05. The van der Waals surface area contributed by atoms with Crippen LogP contribution in [-0.2, 0) is 0 Å². The number of hydrogen-bond donors (Lipinski definition) is 0. The maximum Gasteiger partial charge on any atom is 0.173 e. The summed E-state index contributed by atoms with van der Waals surface area (Å²) in [5.41, 5.74) is 6.91. The minimum Gasteiger partial charge on any atom is -0.311 e. The molecule has 31 heavy (non-hydrogen) atoms. The van der Waals surface area contributed by atoms with Crippen molar-refractivity contribution in [2.24, 2.45) is 0 Å². The largest absolute Gasteiger partial charge is 0.311 e. The molecule has 148 valence electrons. The number of aromatic nitrogens is 3. The maximum atomic E-state index is 9.43. The van der Waals surface area contributed by atoms with E-state index in [2.05, 4.69) is 69.6 Å². The molecule has 0 aliphatic rings. The molecule has 0 amide bonds. The third-order valence-corrected chi connectivity index (χ3v) is 5.26. The number of anilines is 3. The summed E-state index contributed by atoms with van der Waals surface area (Å²) in [7, 11) is 0. The van der Waals surface area contributed by atoms with Crippen molar-refractivity contribution < 1.29 is 0 Å². The van der Waals surface area contributed by atoms with Gasteiger partial charge in [-0.1, -0.05) is 48.5 Å². The van der Waals surface area contributed by atoms with Crippen LogP contribution in [0.2, 0.25) is 0 Å². The lowest BCUT2D eigenvalue weighted by molar-refractivity contribution is 0.925. The first-order valence-electron chi connectivity index (χ1n) is 10.0. The highest BCUT2D eigenvalue weighted by Crippen LogP contribution is 2.35. The molecule has 0 spiro atoms. The molecule has 2 heterocycles. The number of aryl methyl sites for hydroxylation is 1. The zero-order chi connectivity index (χ0) is 21.2. The Morgan fingerprint density at radius 1 is 0.774 bits per heavy atom. The van der Waals surface area contributed by atoms with Crippen LogP contribution in [0.25, 0.3) is 16.9 Å². The van der Waals surface area contributed by atoms with Gasteiger partial charge in [0.15, 0.2) is 5.65 Å². The molecule has 5 aromatic rings. The molecule has 0 saturated heterocycles. The van der Waals surface area contributed by atoms with Crippen molar-refractivity contribution in [2.45, 2.75) is 6.92 Å². The number of nitrogens with zero attached hydrogens (tertiary/aromatic N) is 5. The first kappa shape index (κ1) is 18.6. The minimum atomic E-state index is 0.512. The summed E-state index contributed by atoms with van der Waals surface area (Å²) in [6.07, 6.45) is 1.72. The Balaban J connectivity index is 1.60. The van der Waals surface area contributed by atoms with Gasteiger partial charge >= 0.3 is 0 Å². The van der Waals surface area contributed by atoms with E-state index in [-0.39, 0.29) is 0 Å². The van der Waals surface area contributed by atoms with Gasteiger partial charge in [0.25, 0.3) is 0 Å². The average Bonchev–Trinajstić information content (AvgIpc) is 3.16. The van der Waals surface area contributed by atoms with Gasteiger partial charge in [-0.3, -0.25) is 0 Å². The van der Waals surface area contributed by atoms with Crippen LogP contribution < -0.4 is 4.90 Å². The van der Waals surface area contributed by atoms with E-state index in [1.807, 2.05) is 49.4 Å². The Labute approximate surface area is 180 Å². The van der Waals surface area contributed by atoms with E-state index in [1.54, 1.807) is 10.7 Å². The lowest BCUT2D eigenvalue weighted by atomic mass is 10.1. The standard InChI is InChI=1S/C26H19N5/c1-19-24(18-27)26-28-17-16-25(31(26)29-19)20-12-14-23(15-13-20)30(21-8-4-2-5-9-21)22-10-6-3-7-11-22/h2-17H,1H3. The fourth-order valence-corrected chi connectivity index (χ4v) is 3.78. The molecule has 2 aromatic heterocycles. The molecule has 0 saturated carbocycles. The molecule has 0 bridgehead atoms. The molecular formula is C26H19N5. The molecule has 3 aromatic carbocycles. The lowest BCUT2D eigenvalue weighted by Crippen LogP contribution is -2.09. The van der Waals surface area contributed by atoms with Gasteiger partial charge in [-0.15, -0.1) is 0 Å². The molecule has 0 N–H and O–H groups in total. The summed E-state index contributed by atoms with van der Waals surface area (Å²) in [4.78, 5) is 6.57. The molecule has 0 unspecified atom stereocenters. The zero-order valence-electron chi connectivity index (χ0n) is 17.0. The van der Waals surface area contributed by atoms with Gasteiger partial charge in [0.05, 0.1) is 11.4 Å². The van der Waals surface area contributed by atoms with Crippen LogP contribution in [-0.4, -0.2) is 14.6 Å². The predicted molar refractivity (Wildman–Crippen MR) is 123 cm³/mol. The highest BCUT2D eigenvalue weighted by atomic mass is 15.3. The monoisotopic (exact) mass is 401 g/mol. The van der Waals surface area contributed by atoms with E-state index in [0.717, 1.165) is 28.3 Å². The van der Waals surface area contributed by atoms with Crippen molar-refractivity contribution in [2.75, 3.05) is 4.90 Å². The van der Waals surface area contributed by atoms with Gasteiger partial charge < -0.3 is 4.90 Å². The Kier molecular flexibility index (Phi) is 4.66. The molecule has 5 rings (SSSR count). The van der Waals surface area contributed by atoms with Crippen LogP contribution in [0.5, 0.6) is 0 Å². The Morgan fingerprint density at radius 3 is 1.94 bits per heavy atom. The summed E-state index contributed by atoms with van der Waals surface area (Å²) in [5.74, 6) is 0.